The van der Waals surface area contributed by atoms with Crippen LogP contribution in [0.15, 0.2) is 65.1 Å². The summed E-state index contributed by atoms with van der Waals surface area (Å²) < 4.78 is 12.7. The van der Waals surface area contributed by atoms with Gasteiger partial charge in [-0.05, 0) is 48.7 Å². The highest BCUT2D eigenvalue weighted by atomic mass is 79.9. The fourth-order valence-corrected chi connectivity index (χ4v) is 3.96. The first-order valence-electron chi connectivity index (χ1n) is 11.0. The first kappa shape index (κ1) is 24.6. The topological polar surface area (TPSA) is 59.6 Å². The van der Waals surface area contributed by atoms with E-state index in [1.54, 1.807) is 7.11 Å². The predicted octanol–water partition coefficient (Wildman–Crippen LogP) is 6.94. The Balaban J connectivity index is 1.75. The van der Waals surface area contributed by atoms with E-state index in [4.69, 9.17) is 9.47 Å². The minimum Gasteiger partial charge on any atom is -0.493 e. The number of rotatable bonds is 10. The first-order valence-corrected chi connectivity index (χ1v) is 11.8. The Morgan fingerprint density at radius 1 is 1.03 bits per heavy atom. The van der Waals surface area contributed by atoms with Gasteiger partial charge < -0.3 is 20.1 Å². The molecule has 0 saturated carbocycles. The lowest BCUT2D eigenvalue weighted by Crippen LogP contribution is -2.14. The van der Waals surface area contributed by atoms with Gasteiger partial charge in [0.05, 0.1) is 7.11 Å². The van der Waals surface area contributed by atoms with Crippen molar-refractivity contribution >= 4 is 33.2 Å². The third-order valence-corrected chi connectivity index (χ3v) is 5.80. The number of hydrogen-bond donors (Lipinski definition) is 2. The number of halogens is 1. The van der Waals surface area contributed by atoms with Gasteiger partial charge in [-0.25, -0.2) is 0 Å². The number of anilines is 2. The average molecular weight is 511 g/mol. The Morgan fingerprint density at radius 2 is 1.79 bits per heavy atom. The smallest absolute Gasteiger partial charge is 0.224 e. The lowest BCUT2D eigenvalue weighted by molar-refractivity contribution is -0.116. The van der Waals surface area contributed by atoms with Crippen LogP contribution in [0.1, 0.15) is 37.0 Å². The van der Waals surface area contributed by atoms with Crippen molar-refractivity contribution in [1.82, 2.24) is 0 Å². The van der Waals surface area contributed by atoms with Crippen LogP contribution >= 0.6 is 15.9 Å². The second-order valence-electron chi connectivity index (χ2n) is 8.42. The van der Waals surface area contributed by atoms with E-state index in [1.165, 1.54) is 5.56 Å². The predicted molar refractivity (Wildman–Crippen MR) is 138 cm³/mol. The zero-order valence-corrected chi connectivity index (χ0v) is 21.2. The molecular formula is C27H31BrN2O3. The van der Waals surface area contributed by atoms with Crippen LogP contribution in [0, 0.1) is 12.8 Å². The third-order valence-electron chi connectivity index (χ3n) is 5.06. The standard InChI is InChI=1S/C27H31BrN2O3/c1-18(2)13-26(31)30-22-10-6-9-21(15-22)29-16-23-24(28)11-12-25(32-4)27(23)33-17-20-8-5-7-19(3)14-20/h5-12,14-15,18,29H,13,16-17H2,1-4H3,(H,30,31). The molecule has 33 heavy (non-hydrogen) atoms. The van der Waals surface area contributed by atoms with Crippen LogP contribution in [-0.4, -0.2) is 13.0 Å². The van der Waals surface area contributed by atoms with Crippen molar-refractivity contribution in [3.8, 4) is 11.5 Å². The third kappa shape index (κ3) is 7.26. The molecule has 5 nitrogen and oxygen atoms in total. The van der Waals surface area contributed by atoms with E-state index in [9.17, 15) is 4.79 Å². The quantitative estimate of drug-likeness (QED) is 0.310. The van der Waals surface area contributed by atoms with Gasteiger partial charge in [-0.3, -0.25) is 4.79 Å². The molecule has 0 spiro atoms. The number of amides is 1. The van der Waals surface area contributed by atoms with Crippen LogP contribution in [0.3, 0.4) is 0 Å². The fourth-order valence-electron chi connectivity index (χ4n) is 3.50. The molecule has 3 rings (SSSR count). The number of methoxy groups -OCH3 is 1. The zero-order valence-electron chi connectivity index (χ0n) is 19.6. The molecule has 3 aromatic rings. The highest BCUT2D eigenvalue weighted by Gasteiger charge is 2.15. The van der Waals surface area contributed by atoms with Crippen LogP contribution in [0.25, 0.3) is 0 Å². The molecular weight excluding hydrogens is 480 g/mol. The summed E-state index contributed by atoms with van der Waals surface area (Å²) in [5, 5.41) is 6.40. The average Bonchev–Trinajstić information content (AvgIpc) is 2.76. The molecule has 0 aliphatic carbocycles. The lowest BCUT2D eigenvalue weighted by atomic mass is 10.1. The minimum absolute atomic E-state index is 0.0181. The maximum absolute atomic E-state index is 12.1. The van der Waals surface area contributed by atoms with Crippen LogP contribution in [0.5, 0.6) is 11.5 Å². The van der Waals surface area contributed by atoms with E-state index in [0.29, 0.717) is 37.0 Å². The number of hydrogen-bond acceptors (Lipinski definition) is 4. The van der Waals surface area contributed by atoms with E-state index in [1.807, 2.05) is 56.3 Å². The SMILES string of the molecule is COc1ccc(Br)c(CNc2cccc(NC(=O)CC(C)C)c2)c1OCc1cccc(C)c1. The van der Waals surface area contributed by atoms with Gasteiger partial charge in [0.15, 0.2) is 11.5 Å². The van der Waals surface area contributed by atoms with Crippen LogP contribution < -0.4 is 20.1 Å². The van der Waals surface area contributed by atoms with E-state index >= 15 is 0 Å². The van der Waals surface area contributed by atoms with Gasteiger partial charge in [0, 0.05) is 34.4 Å². The van der Waals surface area contributed by atoms with Gasteiger partial charge in [0.1, 0.15) is 6.61 Å². The Labute approximate surface area is 204 Å². The molecule has 0 aliphatic heterocycles. The lowest BCUT2D eigenvalue weighted by Gasteiger charge is -2.18. The second-order valence-corrected chi connectivity index (χ2v) is 9.27. The van der Waals surface area contributed by atoms with Gasteiger partial charge in [-0.2, -0.15) is 0 Å². The molecule has 0 fully saturated rings. The minimum atomic E-state index is 0.0181. The molecule has 174 valence electrons. The van der Waals surface area contributed by atoms with Crippen molar-refractivity contribution in [2.24, 2.45) is 5.92 Å². The van der Waals surface area contributed by atoms with Gasteiger partial charge in [-0.1, -0.05) is 65.7 Å². The summed E-state index contributed by atoms with van der Waals surface area (Å²) in [5.74, 6) is 1.71. The van der Waals surface area contributed by atoms with Gasteiger partial charge in [-0.15, -0.1) is 0 Å². The van der Waals surface area contributed by atoms with E-state index in [0.717, 1.165) is 27.0 Å². The molecule has 0 heterocycles. The summed E-state index contributed by atoms with van der Waals surface area (Å²) in [4.78, 5) is 12.1. The summed E-state index contributed by atoms with van der Waals surface area (Å²) in [6, 6.07) is 19.8. The molecule has 2 N–H and O–H groups in total. The number of aryl methyl sites for hydroxylation is 1. The Kier molecular flexibility index (Phi) is 8.78. The molecule has 6 heteroatoms. The van der Waals surface area contributed by atoms with E-state index in [-0.39, 0.29) is 5.91 Å². The number of carbonyl (C=O) groups is 1. The summed E-state index contributed by atoms with van der Waals surface area (Å²) in [6.07, 6.45) is 0.496. The van der Waals surface area contributed by atoms with Gasteiger partial charge in [0.25, 0.3) is 0 Å². The van der Waals surface area contributed by atoms with Crippen molar-refractivity contribution in [2.75, 3.05) is 17.7 Å². The van der Waals surface area contributed by atoms with E-state index < -0.39 is 0 Å². The normalized spacial score (nSPS) is 10.7. The maximum atomic E-state index is 12.1. The zero-order chi connectivity index (χ0) is 23.8. The van der Waals surface area contributed by atoms with Crippen LogP contribution in [0.4, 0.5) is 11.4 Å². The monoisotopic (exact) mass is 510 g/mol. The molecule has 0 bridgehead atoms. The molecule has 0 aromatic heterocycles. The van der Waals surface area contributed by atoms with Gasteiger partial charge in [0.2, 0.25) is 5.91 Å². The van der Waals surface area contributed by atoms with Crippen molar-refractivity contribution < 1.29 is 14.3 Å². The Hall–Kier alpha value is -2.99. The number of ether oxygens (including phenoxy) is 2. The maximum Gasteiger partial charge on any atom is 0.224 e. The molecule has 3 aromatic carbocycles. The molecule has 0 saturated heterocycles. The largest absolute Gasteiger partial charge is 0.493 e. The Morgan fingerprint density at radius 3 is 2.52 bits per heavy atom. The summed E-state index contributed by atoms with van der Waals surface area (Å²) in [5.41, 5.74) is 4.92. The second kappa shape index (κ2) is 11.8. The van der Waals surface area contributed by atoms with Crippen molar-refractivity contribution in [2.45, 2.75) is 40.3 Å². The molecule has 0 radical (unpaired) electrons. The van der Waals surface area contributed by atoms with Crippen molar-refractivity contribution in [3.63, 3.8) is 0 Å². The van der Waals surface area contributed by atoms with E-state index in [2.05, 4.69) is 51.7 Å². The highest BCUT2D eigenvalue weighted by Crippen LogP contribution is 2.37. The number of benzene rings is 3. The molecule has 0 atom stereocenters. The number of carbonyl (C=O) groups excluding carboxylic acids is 1. The molecule has 0 aliphatic rings. The summed E-state index contributed by atoms with van der Waals surface area (Å²) >= 11 is 3.66. The Bertz CT molecular complexity index is 1100. The van der Waals surface area contributed by atoms with Crippen molar-refractivity contribution in [1.29, 1.82) is 0 Å². The summed E-state index contributed by atoms with van der Waals surface area (Å²) in [7, 11) is 1.64. The highest BCUT2D eigenvalue weighted by molar-refractivity contribution is 9.10. The molecule has 0 unspecified atom stereocenters. The number of nitrogens with one attached hydrogen (secondary N) is 2. The van der Waals surface area contributed by atoms with Crippen molar-refractivity contribution in [3.05, 3.63) is 81.8 Å². The first-order chi connectivity index (χ1) is 15.9. The summed E-state index contributed by atoms with van der Waals surface area (Å²) in [6.45, 7) is 7.09. The van der Waals surface area contributed by atoms with Gasteiger partial charge >= 0.3 is 0 Å². The van der Waals surface area contributed by atoms with Crippen LogP contribution in [0.2, 0.25) is 0 Å². The van der Waals surface area contributed by atoms with Crippen LogP contribution in [-0.2, 0) is 17.9 Å². The molecule has 1 amide bonds. The fraction of sp³-hybridized carbons (Fsp3) is 0.296.